The van der Waals surface area contributed by atoms with Crippen molar-refractivity contribution in [2.75, 3.05) is 18.5 Å². The van der Waals surface area contributed by atoms with Gasteiger partial charge in [0.05, 0.1) is 25.7 Å². The van der Waals surface area contributed by atoms with Crippen molar-refractivity contribution in [2.24, 2.45) is 0 Å². The maximum atomic E-state index is 14.3. The van der Waals surface area contributed by atoms with Crippen LogP contribution in [-0.4, -0.2) is 35.5 Å². The summed E-state index contributed by atoms with van der Waals surface area (Å²) in [7, 11) is -1.96. The van der Waals surface area contributed by atoms with Crippen molar-refractivity contribution in [1.82, 2.24) is 0 Å². The summed E-state index contributed by atoms with van der Waals surface area (Å²) >= 11 is 0. The van der Waals surface area contributed by atoms with Crippen molar-refractivity contribution < 1.29 is 14.3 Å². The number of carboxylic acids is 1. The Kier molecular flexibility index (Phi) is 9.63. The number of carbonyl (C=O) groups is 1. The fourth-order valence-corrected chi connectivity index (χ4v) is 6.99. The van der Waals surface area contributed by atoms with E-state index in [1.807, 2.05) is 0 Å². The van der Waals surface area contributed by atoms with Gasteiger partial charge in [-0.25, -0.2) is 4.79 Å². The number of aliphatic carboxylic acids is 1. The van der Waals surface area contributed by atoms with Crippen molar-refractivity contribution in [3.05, 3.63) is 0 Å². The Morgan fingerprint density at radius 3 is 1.56 bits per heavy atom. The first kappa shape index (κ1) is 17.8. The second kappa shape index (κ2) is 9.72. The zero-order valence-corrected chi connectivity index (χ0v) is 13.0. The minimum atomic E-state index is -1.96. The predicted molar refractivity (Wildman–Crippen MR) is 78.8 cm³/mol. The van der Waals surface area contributed by atoms with Crippen LogP contribution in [0.25, 0.3) is 0 Å². The maximum absolute atomic E-state index is 14.3. The molecule has 1 atom stereocenters. The molecule has 0 saturated heterocycles. The predicted octanol–water partition coefficient (Wildman–Crippen LogP) is 4.78. The standard InChI is InChI=1S/C14H28FO2P/c1-4-7-10-18(11-8-5-2,12-9-6-3)13(15)14(16)17/h13H,4-12H2,1-3H3/p+1. The Bertz CT molecular complexity index is 212. The van der Waals surface area contributed by atoms with E-state index in [4.69, 9.17) is 5.11 Å². The van der Waals surface area contributed by atoms with Crippen LogP contribution < -0.4 is 0 Å². The third kappa shape index (κ3) is 5.65. The number of carboxylic acid groups (broad SMARTS) is 1. The lowest BCUT2D eigenvalue weighted by Crippen LogP contribution is -2.26. The molecule has 0 rings (SSSR count). The van der Waals surface area contributed by atoms with Crippen molar-refractivity contribution in [3.63, 3.8) is 0 Å². The van der Waals surface area contributed by atoms with Gasteiger partial charge in [0, 0.05) is 0 Å². The number of alkyl halides is 1. The van der Waals surface area contributed by atoms with Crippen LogP contribution in [0.2, 0.25) is 0 Å². The SMILES string of the molecule is CCCC[P+](CCCC)(CCCC)C(F)C(=O)O. The fourth-order valence-electron chi connectivity index (χ4n) is 2.33. The first-order valence-corrected chi connectivity index (χ1v) is 9.68. The van der Waals surface area contributed by atoms with Gasteiger partial charge in [-0.2, -0.15) is 4.39 Å². The molecule has 0 aliphatic carbocycles. The molecule has 108 valence electrons. The van der Waals surface area contributed by atoms with Crippen LogP contribution in [0, 0.1) is 0 Å². The van der Waals surface area contributed by atoms with E-state index < -0.39 is 19.1 Å². The fraction of sp³-hybridized carbons (Fsp3) is 0.929. The molecule has 4 heteroatoms. The molecule has 18 heavy (non-hydrogen) atoms. The van der Waals surface area contributed by atoms with Crippen molar-refractivity contribution in [2.45, 2.75) is 65.2 Å². The molecular weight excluding hydrogens is 250 g/mol. The molecule has 0 amide bonds. The van der Waals surface area contributed by atoms with E-state index in [1.165, 1.54) is 0 Å². The van der Waals surface area contributed by atoms with Crippen LogP contribution in [0.4, 0.5) is 4.39 Å². The first-order chi connectivity index (χ1) is 8.54. The number of unbranched alkanes of at least 4 members (excludes halogenated alkanes) is 3. The second-order valence-corrected chi connectivity index (χ2v) is 9.36. The molecule has 0 aliphatic heterocycles. The average molecular weight is 279 g/mol. The minimum Gasteiger partial charge on any atom is -0.476 e. The third-order valence-corrected chi connectivity index (χ3v) is 8.36. The number of halogens is 1. The summed E-state index contributed by atoms with van der Waals surface area (Å²) in [5.41, 5.74) is 0. The van der Waals surface area contributed by atoms with Crippen molar-refractivity contribution in [1.29, 1.82) is 0 Å². The van der Waals surface area contributed by atoms with Gasteiger partial charge in [0.2, 0.25) is 0 Å². The summed E-state index contributed by atoms with van der Waals surface area (Å²) in [6, 6.07) is 0. The van der Waals surface area contributed by atoms with Crippen LogP contribution in [-0.2, 0) is 4.79 Å². The molecule has 0 saturated carbocycles. The summed E-state index contributed by atoms with van der Waals surface area (Å²) in [6.07, 6.45) is 8.41. The summed E-state index contributed by atoms with van der Waals surface area (Å²) in [5.74, 6) is -2.83. The van der Waals surface area contributed by atoms with Gasteiger partial charge < -0.3 is 5.11 Å². The summed E-state index contributed by atoms with van der Waals surface area (Å²) in [5, 5.41) is 9.07. The lowest BCUT2D eigenvalue weighted by atomic mass is 10.4. The topological polar surface area (TPSA) is 37.3 Å². The Hall–Kier alpha value is -0.170. The molecule has 2 nitrogen and oxygen atoms in total. The zero-order valence-electron chi connectivity index (χ0n) is 12.1. The van der Waals surface area contributed by atoms with Gasteiger partial charge in [0.15, 0.2) is 0 Å². The Morgan fingerprint density at radius 2 is 1.33 bits per heavy atom. The van der Waals surface area contributed by atoms with Crippen LogP contribution in [0.15, 0.2) is 0 Å². The molecule has 0 bridgehead atoms. The average Bonchev–Trinajstić information content (AvgIpc) is 2.37. The third-order valence-electron chi connectivity index (χ3n) is 3.56. The molecule has 1 unspecified atom stereocenters. The lowest BCUT2D eigenvalue weighted by molar-refractivity contribution is -0.139. The van der Waals surface area contributed by atoms with Gasteiger partial charge in [-0.3, -0.25) is 0 Å². The van der Waals surface area contributed by atoms with E-state index in [1.54, 1.807) is 0 Å². The molecule has 0 aliphatic rings. The highest BCUT2D eigenvalue weighted by Gasteiger charge is 2.48. The van der Waals surface area contributed by atoms with Crippen LogP contribution in [0.1, 0.15) is 59.3 Å². The van der Waals surface area contributed by atoms with Gasteiger partial charge in [-0.15, -0.1) is 0 Å². The van der Waals surface area contributed by atoms with E-state index in [2.05, 4.69) is 20.8 Å². The Balaban J connectivity index is 4.89. The molecular formula is C14H29FO2P+. The lowest BCUT2D eigenvalue weighted by Gasteiger charge is -2.28. The minimum absolute atomic E-state index is 0.816. The smallest absolute Gasteiger partial charge is 0.377 e. The molecule has 0 aromatic carbocycles. The zero-order chi connectivity index (χ0) is 14.0. The largest absolute Gasteiger partial charge is 0.476 e. The number of hydrogen-bond donors (Lipinski definition) is 1. The Morgan fingerprint density at radius 1 is 1.00 bits per heavy atom. The summed E-state index contributed by atoms with van der Waals surface area (Å²) < 4.78 is 14.3. The van der Waals surface area contributed by atoms with Gasteiger partial charge in [0.25, 0.3) is 5.91 Å². The van der Waals surface area contributed by atoms with Gasteiger partial charge >= 0.3 is 5.97 Å². The molecule has 0 heterocycles. The van der Waals surface area contributed by atoms with E-state index in [0.717, 1.165) is 57.0 Å². The van der Waals surface area contributed by atoms with E-state index in [0.29, 0.717) is 0 Å². The normalized spacial score (nSPS) is 13.6. The molecule has 0 aromatic rings. The summed E-state index contributed by atoms with van der Waals surface area (Å²) in [6.45, 7) is 6.26. The Labute approximate surface area is 112 Å². The molecule has 0 spiro atoms. The highest BCUT2D eigenvalue weighted by atomic mass is 31.2. The van der Waals surface area contributed by atoms with Crippen LogP contribution in [0.3, 0.4) is 0 Å². The second-order valence-electron chi connectivity index (χ2n) is 5.12. The summed E-state index contributed by atoms with van der Waals surface area (Å²) in [4.78, 5) is 11.1. The molecule has 0 radical (unpaired) electrons. The van der Waals surface area contributed by atoms with E-state index >= 15 is 0 Å². The van der Waals surface area contributed by atoms with Gasteiger partial charge in [0.1, 0.15) is 0 Å². The molecule has 0 fully saturated rings. The monoisotopic (exact) mass is 279 g/mol. The molecule has 1 N–H and O–H groups in total. The maximum Gasteiger partial charge on any atom is 0.377 e. The van der Waals surface area contributed by atoms with Gasteiger partial charge in [-0.1, -0.05) is 40.0 Å². The highest BCUT2D eigenvalue weighted by Crippen LogP contribution is 2.65. The number of rotatable bonds is 11. The van der Waals surface area contributed by atoms with E-state index in [-0.39, 0.29) is 0 Å². The highest BCUT2D eigenvalue weighted by molar-refractivity contribution is 7.77. The van der Waals surface area contributed by atoms with Crippen molar-refractivity contribution >= 4 is 13.2 Å². The molecule has 0 aromatic heterocycles. The quantitative estimate of drug-likeness (QED) is 0.552. The first-order valence-electron chi connectivity index (χ1n) is 7.26. The van der Waals surface area contributed by atoms with Crippen LogP contribution >= 0.6 is 7.26 Å². The van der Waals surface area contributed by atoms with Crippen molar-refractivity contribution in [3.8, 4) is 0 Å². The van der Waals surface area contributed by atoms with Gasteiger partial charge in [-0.05, 0) is 19.3 Å². The van der Waals surface area contributed by atoms with Crippen LogP contribution in [0.5, 0.6) is 0 Å². The van der Waals surface area contributed by atoms with E-state index in [9.17, 15) is 9.18 Å². The number of hydrogen-bond acceptors (Lipinski definition) is 1.